The predicted octanol–water partition coefficient (Wildman–Crippen LogP) is 6.18. The van der Waals surface area contributed by atoms with E-state index in [4.69, 9.17) is 19.4 Å². The molecule has 0 bridgehead atoms. The SMILES string of the molecule is COC(=O)N[C@@H](Cc1cncn1C)C(=O)N1CCC[C@H]1c1nc2cc(-c3ccc(-c4ccc5[nH]c([C@@H]6CCCN6C(=O)[C@@H](NC(=O)OC)C(C)C)nc5c4)cc3)ccc2[nH]1. The lowest BCUT2D eigenvalue weighted by Crippen LogP contribution is -2.51. The summed E-state index contributed by atoms with van der Waals surface area (Å²) >= 11 is 0. The second kappa shape index (κ2) is 16.9. The number of nitrogens with zero attached hydrogens (tertiary/aromatic N) is 6. The van der Waals surface area contributed by atoms with Gasteiger partial charge in [0.1, 0.15) is 23.7 Å². The van der Waals surface area contributed by atoms with E-state index in [1.54, 1.807) is 17.4 Å². The van der Waals surface area contributed by atoms with Crippen molar-refractivity contribution in [3.63, 3.8) is 0 Å². The molecule has 8 rings (SSSR count). The highest BCUT2D eigenvalue weighted by Gasteiger charge is 2.39. The molecule has 4 N–H and O–H groups in total. The van der Waals surface area contributed by atoms with Crippen LogP contribution in [0.25, 0.3) is 44.3 Å². The van der Waals surface area contributed by atoms with Crippen molar-refractivity contribution in [1.82, 2.24) is 49.9 Å². The quantitative estimate of drug-likeness (QED) is 0.118. The maximum absolute atomic E-state index is 14.0. The number of imidazole rings is 3. The number of H-pyrrole nitrogens is 2. The van der Waals surface area contributed by atoms with Crippen molar-refractivity contribution in [3.8, 4) is 22.3 Å². The van der Waals surface area contributed by atoms with Gasteiger partial charge in [0.25, 0.3) is 0 Å². The Morgan fingerprint density at radius 1 is 0.733 bits per heavy atom. The molecule has 3 aromatic carbocycles. The van der Waals surface area contributed by atoms with Crippen molar-refractivity contribution >= 4 is 46.1 Å². The van der Waals surface area contributed by atoms with Crippen LogP contribution in [-0.2, 0) is 32.5 Å². The second-order valence-corrected chi connectivity index (χ2v) is 15.9. The van der Waals surface area contributed by atoms with E-state index in [2.05, 4.69) is 74.1 Å². The lowest BCUT2D eigenvalue weighted by molar-refractivity contribution is -0.135. The molecule has 0 radical (unpaired) electrons. The molecule has 0 unspecified atom stereocenters. The van der Waals surface area contributed by atoms with E-state index in [9.17, 15) is 19.2 Å². The van der Waals surface area contributed by atoms with E-state index in [-0.39, 0.29) is 36.2 Å². The first-order valence-electron chi connectivity index (χ1n) is 20.4. The Bertz CT molecular complexity index is 2540. The minimum atomic E-state index is -0.826. The number of methoxy groups -OCH3 is 2. The average Bonchev–Trinajstić information content (AvgIpc) is 4.11. The maximum Gasteiger partial charge on any atom is 0.407 e. The molecule has 312 valence electrons. The number of hydrogen-bond donors (Lipinski definition) is 4. The summed E-state index contributed by atoms with van der Waals surface area (Å²) in [4.78, 5) is 76.5. The molecule has 6 aromatic rings. The van der Waals surface area contributed by atoms with Gasteiger partial charge in [-0.15, -0.1) is 0 Å². The van der Waals surface area contributed by atoms with E-state index in [0.717, 1.165) is 81.5 Å². The number of rotatable bonds is 11. The zero-order valence-electron chi connectivity index (χ0n) is 34.4. The number of ether oxygens (including phenoxy) is 2. The lowest BCUT2D eigenvalue weighted by atomic mass is 10.00. The largest absolute Gasteiger partial charge is 0.453 e. The second-order valence-electron chi connectivity index (χ2n) is 15.9. The molecule has 4 atom stereocenters. The number of nitrogens with one attached hydrogen (secondary N) is 4. The van der Waals surface area contributed by atoms with Gasteiger partial charge in [0.05, 0.1) is 54.7 Å². The van der Waals surface area contributed by atoms with Crippen molar-refractivity contribution < 1.29 is 28.7 Å². The molecular weight excluding hydrogens is 765 g/mol. The number of carbonyl (C=O) groups excluding carboxylic acids is 4. The molecule has 0 saturated carbocycles. The van der Waals surface area contributed by atoms with Crippen LogP contribution >= 0.6 is 0 Å². The van der Waals surface area contributed by atoms with Crippen LogP contribution in [-0.4, -0.2) is 103 Å². The van der Waals surface area contributed by atoms with Crippen LogP contribution in [0.2, 0.25) is 0 Å². The van der Waals surface area contributed by atoms with Crippen LogP contribution in [0.15, 0.2) is 73.2 Å². The van der Waals surface area contributed by atoms with Crippen LogP contribution in [0.5, 0.6) is 0 Å². The molecule has 16 heteroatoms. The van der Waals surface area contributed by atoms with Gasteiger partial charge in [-0.2, -0.15) is 0 Å². The van der Waals surface area contributed by atoms with Crippen molar-refractivity contribution in [2.24, 2.45) is 13.0 Å². The predicted molar refractivity (Wildman–Crippen MR) is 224 cm³/mol. The third-order valence-electron chi connectivity index (χ3n) is 11.8. The molecule has 2 saturated heterocycles. The van der Waals surface area contributed by atoms with Crippen molar-refractivity contribution in [3.05, 3.63) is 90.5 Å². The minimum absolute atomic E-state index is 0.113. The van der Waals surface area contributed by atoms with Crippen molar-refractivity contribution in [2.75, 3.05) is 27.3 Å². The van der Waals surface area contributed by atoms with E-state index in [1.165, 1.54) is 14.2 Å². The van der Waals surface area contributed by atoms with Gasteiger partial charge in [-0.05, 0) is 78.1 Å². The number of aryl methyl sites for hydroxylation is 1. The molecule has 0 spiro atoms. The highest BCUT2D eigenvalue weighted by molar-refractivity contribution is 5.88. The number of hydrogen-bond acceptors (Lipinski definition) is 9. The topological polar surface area (TPSA) is 192 Å². The molecule has 2 aliphatic heterocycles. The monoisotopic (exact) mass is 814 g/mol. The summed E-state index contributed by atoms with van der Waals surface area (Å²) in [5.41, 5.74) is 8.27. The molecule has 0 aliphatic carbocycles. The van der Waals surface area contributed by atoms with E-state index >= 15 is 0 Å². The number of aromatic nitrogens is 6. The van der Waals surface area contributed by atoms with Gasteiger partial charge < -0.3 is 44.4 Å². The Labute approximate surface area is 347 Å². The van der Waals surface area contributed by atoms with Crippen LogP contribution in [0.1, 0.15) is 69.0 Å². The number of amides is 4. The fourth-order valence-electron chi connectivity index (χ4n) is 8.48. The maximum atomic E-state index is 14.0. The summed E-state index contributed by atoms with van der Waals surface area (Å²) < 4.78 is 11.5. The van der Waals surface area contributed by atoms with Crippen LogP contribution in [0.4, 0.5) is 9.59 Å². The average molecular weight is 815 g/mol. The third-order valence-corrected chi connectivity index (χ3v) is 11.8. The van der Waals surface area contributed by atoms with E-state index in [1.807, 2.05) is 42.5 Å². The molecule has 4 amide bonds. The number of fused-ring (bicyclic) bond motifs is 2. The summed E-state index contributed by atoms with van der Waals surface area (Å²) in [6, 6.07) is 18.6. The van der Waals surface area contributed by atoms with Crippen molar-refractivity contribution in [2.45, 2.75) is 70.1 Å². The highest BCUT2D eigenvalue weighted by Crippen LogP contribution is 2.36. The third kappa shape index (κ3) is 8.01. The first-order valence-corrected chi connectivity index (χ1v) is 20.4. The smallest absolute Gasteiger partial charge is 0.407 e. The normalized spacial score (nSPS) is 17.6. The Morgan fingerprint density at radius 2 is 1.23 bits per heavy atom. The Hall–Kier alpha value is -6.71. The van der Waals surface area contributed by atoms with Gasteiger partial charge in [0, 0.05) is 38.4 Å². The zero-order valence-corrected chi connectivity index (χ0v) is 34.4. The Balaban J connectivity index is 0.972. The fraction of sp³-hybridized carbons (Fsp3) is 0.386. The molecule has 16 nitrogen and oxygen atoms in total. The van der Waals surface area contributed by atoms with E-state index < -0.39 is 24.3 Å². The molecule has 2 aliphatic rings. The van der Waals surface area contributed by atoms with Crippen LogP contribution < -0.4 is 10.6 Å². The van der Waals surface area contributed by atoms with Gasteiger partial charge >= 0.3 is 12.2 Å². The first kappa shape index (κ1) is 40.1. The number of alkyl carbamates (subject to hydrolysis) is 2. The van der Waals surface area contributed by atoms with Gasteiger partial charge in [0.15, 0.2) is 0 Å². The summed E-state index contributed by atoms with van der Waals surface area (Å²) in [5.74, 6) is 0.985. The number of carbonyl (C=O) groups is 4. The van der Waals surface area contributed by atoms with Gasteiger partial charge in [-0.1, -0.05) is 50.2 Å². The molecule has 60 heavy (non-hydrogen) atoms. The Kier molecular flexibility index (Phi) is 11.3. The van der Waals surface area contributed by atoms with Gasteiger partial charge in [-0.25, -0.2) is 24.5 Å². The molecule has 2 fully saturated rings. The zero-order chi connectivity index (χ0) is 42.1. The van der Waals surface area contributed by atoms with E-state index in [0.29, 0.717) is 18.9 Å². The summed E-state index contributed by atoms with van der Waals surface area (Å²) in [6.45, 7) is 4.94. The van der Waals surface area contributed by atoms with Gasteiger partial charge in [-0.3, -0.25) is 9.59 Å². The van der Waals surface area contributed by atoms with Gasteiger partial charge in [0.2, 0.25) is 11.8 Å². The minimum Gasteiger partial charge on any atom is -0.453 e. The number of benzene rings is 3. The summed E-state index contributed by atoms with van der Waals surface area (Å²) in [6.07, 6.45) is 5.51. The summed E-state index contributed by atoms with van der Waals surface area (Å²) in [5, 5.41) is 5.44. The van der Waals surface area contributed by atoms with Crippen molar-refractivity contribution in [1.29, 1.82) is 0 Å². The molecule has 3 aromatic heterocycles. The summed E-state index contributed by atoms with van der Waals surface area (Å²) in [7, 11) is 4.42. The highest BCUT2D eigenvalue weighted by atomic mass is 16.5. The van der Waals surface area contributed by atoms with Crippen LogP contribution in [0, 0.1) is 5.92 Å². The molecule has 5 heterocycles. The first-order chi connectivity index (χ1) is 29.0. The molecular formula is C44H50N10O6. The standard InChI is InChI=1S/C44H50N10O6/c1-25(2)38(51-44(58)60-5)42(56)54-19-7-9-37(54)40-47-32-17-15-29(21-34(32)49-40)27-12-10-26(11-13-27)28-14-16-31-33(20-28)48-39(46-31)36-8-6-18-53(36)41(55)35(50-43(57)59-4)22-30-23-45-24-52(30)3/h10-17,20-21,23-25,35-38H,6-9,18-19,22H2,1-5H3,(H,46,48)(H,47,49)(H,50,57)(H,51,58)/t35-,36-,37-,38-/m0/s1. The van der Waals surface area contributed by atoms with Crippen LogP contribution in [0.3, 0.4) is 0 Å². The Morgan fingerprint density at radius 3 is 1.72 bits per heavy atom. The number of likely N-dealkylation sites (tertiary alicyclic amines) is 2. The fourth-order valence-corrected chi connectivity index (χ4v) is 8.48. The lowest BCUT2D eigenvalue weighted by Gasteiger charge is -2.29. The number of aromatic amines is 2.